The smallest absolute Gasteiger partial charge is 0.418 e. The normalized spacial score (nSPS) is 16.4. The molecule has 10 heteroatoms. The summed E-state index contributed by atoms with van der Waals surface area (Å²) < 4.78 is 51.0. The number of ether oxygens (including phenoxy) is 2. The number of hydrogen-bond acceptors (Lipinski definition) is 7. The molecule has 0 aromatic carbocycles. The minimum Gasteiger partial charge on any atom is -0.476 e. The predicted molar refractivity (Wildman–Crippen MR) is 98.3 cm³/mol. The first-order chi connectivity index (χ1) is 13.8. The molecule has 156 valence electrons. The third kappa shape index (κ3) is 5.01. The van der Waals surface area contributed by atoms with Crippen molar-refractivity contribution in [3.8, 4) is 5.88 Å². The largest absolute Gasteiger partial charge is 0.476 e. The van der Waals surface area contributed by atoms with Crippen LogP contribution in [0.3, 0.4) is 0 Å². The zero-order valence-electron chi connectivity index (χ0n) is 15.5. The number of rotatable bonds is 6. The minimum absolute atomic E-state index is 0.0612. The van der Waals surface area contributed by atoms with E-state index in [4.69, 9.17) is 20.9 Å². The zero-order valence-corrected chi connectivity index (χ0v) is 15.5. The van der Waals surface area contributed by atoms with E-state index in [1.807, 2.05) is 0 Å². The maximum atomic E-state index is 13.4. The third-order valence-electron chi connectivity index (χ3n) is 4.77. The number of hydrogen-bond donors (Lipinski definition) is 2. The average Bonchev–Trinajstić information content (AvgIpc) is 2.71. The molecule has 3 heterocycles. The van der Waals surface area contributed by atoms with Gasteiger partial charge in [-0.15, -0.1) is 0 Å². The van der Waals surface area contributed by atoms with Crippen molar-refractivity contribution in [2.45, 2.75) is 25.1 Å². The zero-order chi connectivity index (χ0) is 21.0. The molecule has 0 bridgehead atoms. The van der Waals surface area contributed by atoms with Gasteiger partial charge in [-0.05, 0) is 37.0 Å². The van der Waals surface area contributed by atoms with Crippen molar-refractivity contribution in [3.63, 3.8) is 0 Å². The average molecular weight is 410 g/mol. The summed E-state index contributed by atoms with van der Waals surface area (Å²) in [5, 5.41) is 0. The van der Waals surface area contributed by atoms with E-state index in [0.29, 0.717) is 13.2 Å². The Morgan fingerprint density at radius 3 is 2.66 bits per heavy atom. The van der Waals surface area contributed by atoms with Crippen molar-refractivity contribution in [1.29, 1.82) is 0 Å². The van der Waals surface area contributed by atoms with Crippen LogP contribution >= 0.6 is 0 Å². The van der Waals surface area contributed by atoms with Crippen LogP contribution in [0.25, 0.3) is 0 Å². The number of nitrogen functional groups attached to an aromatic ring is 1. The topological polar surface area (TPSA) is 113 Å². The first kappa shape index (κ1) is 21.0. The summed E-state index contributed by atoms with van der Waals surface area (Å²) in [6.07, 6.45) is -1.86. The van der Waals surface area contributed by atoms with Gasteiger partial charge in [-0.1, -0.05) is 0 Å². The van der Waals surface area contributed by atoms with Crippen molar-refractivity contribution in [1.82, 2.24) is 9.97 Å². The van der Waals surface area contributed by atoms with Gasteiger partial charge in [0.05, 0.1) is 11.1 Å². The lowest BCUT2D eigenvalue weighted by molar-refractivity contribution is -0.138. The molecule has 3 rings (SSSR count). The van der Waals surface area contributed by atoms with Gasteiger partial charge in [0.25, 0.3) is 0 Å². The quantitative estimate of drug-likeness (QED) is 0.703. The molecule has 1 saturated heterocycles. The highest BCUT2D eigenvalue weighted by atomic mass is 19.4. The molecule has 2 aromatic rings. The van der Waals surface area contributed by atoms with Crippen LogP contribution < -0.4 is 16.2 Å². The van der Waals surface area contributed by atoms with Crippen molar-refractivity contribution < 1.29 is 27.4 Å². The summed E-state index contributed by atoms with van der Waals surface area (Å²) in [5.74, 6) is -1.09. The van der Waals surface area contributed by atoms with E-state index in [9.17, 15) is 18.0 Å². The van der Waals surface area contributed by atoms with Gasteiger partial charge in [0.2, 0.25) is 11.7 Å². The van der Waals surface area contributed by atoms with Crippen molar-refractivity contribution >= 4 is 11.6 Å². The number of nitrogens with zero attached hydrogens (tertiary/aromatic N) is 2. The van der Waals surface area contributed by atoms with E-state index in [1.165, 1.54) is 18.3 Å². The minimum atomic E-state index is -4.77. The van der Waals surface area contributed by atoms with Crippen LogP contribution in [0.15, 0.2) is 30.5 Å². The fourth-order valence-corrected chi connectivity index (χ4v) is 3.12. The Balaban J connectivity index is 1.84. The number of carbonyl (C=O) groups is 1. The Bertz CT molecular complexity index is 870. The van der Waals surface area contributed by atoms with Crippen LogP contribution in [0.1, 0.15) is 34.5 Å². The fraction of sp³-hybridized carbons (Fsp3) is 0.421. The predicted octanol–water partition coefficient (Wildman–Crippen LogP) is 2.44. The van der Waals surface area contributed by atoms with Crippen LogP contribution in [-0.4, -0.2) is 41.6 Å². The molecular weight excluding hydrogens is 389 g/mol. The van der Waals surface area contributed by atoms with E-state index < -0.39 is 23.2 Å². The molecule has 4 N–H and O–H groups in total. The molecule has 1 atom stereocenters. The number of carbonyl (C=O) groups excluding carboxylic acids is 1. The highest BCUT2D eigenvalue weighted by molar-refractivity contribution is 6.11. The van der Waals surface area contributed by atoms with Crippen molar-refractivity contribution in [2.24, 2.45) is 11.7 Å². The van der Waals surface area contributed by atoms with Gasteiger partial charge in [-0.2, -0.15) is 13.2 Å². The molecule has 1 unspecified atom stereocenters. The molecular formula is C19H21F3N4O3. The number of pyridine rings is 2. The molecule has 0 spiro atoms. The SMILES string of the molecule is Nc1ncccc1C(=O)c1nc(OCC(N)C2CCOCC2)ccc1C(F)(F)F. The van der Waals surface area contributed by atoms with E-state index in [1.54, 1.807) is 0 Å². The highest BCUT2D eigenvalue weighted by Crippen LogP contribution is 2.34. The van der Waals surface area contributed by atoms with Gasteiger partial charge in [-0.3, -0.25) is 4.79 Å². The summed E-state index contributed by atoms with van der Waals surface area (Å²) in [5.41, 5.74) is 9.63. The maximum Gasteiger partial charge on any atom is 0.418 e. The lowest BCUT2D eigenvalue weighted by atomic mass is 9.93. The van der Waals surface area contributed by atoms with Crippen LogP contribution in [-0.2, 0) is 10.9 Å². The highest BCUT2D eigenvalue weighted by Gasteiger charge is 2.37. The Labute approximate surface area is 165 Å². The number of alkyl halides is 3. The van der Waals surface area contributed by atoms with Crippen LogP contribution in [0.4, 0.5) is 19.0 Å². The lowest BCUT2D eigenvalue weighted by Gasteiger charge is -2.27. The van der Waals surface area contributed by atoms with E-state index in [0.717, 1.165) is 25.0 Å². The van der Waals surface area contributed by atoms with Gasteiger partial charge in [-0.25, -0.2) is 9.97 Å². The third-order valence-corrected chi connectivity index (χ3v) is 4.77. The molecule has 0 amide bonds. The van der Waals surface area contributed by atoms with Gasteiger partial charge < -0.3 is 20.9 Å². The Morgan fingerprint density at radius 2 is 2.00 bits per heavy atom. The Kier molecular flexibility index (Phi) is 6.33. The molecule has 0 aliphatic carbocycles. The molecule has 1 aliphatic rings. The summed E-state index contributed by atoms with van der Waals surface area (Å²) in [4.78, 5) is 20.3. The van der Waals surface area contributed by atoms with Gasteiger partial charge in [0.1, 0.15) is 18.1 Å². The first-order valence-electron chi connectivity index (χ1n) is 9.07. The number of halogens is 3. The number of anilines is 1. The molecule has 29 heavy (non-hydrogen) atoms. The number of aromatic nitrogens is 2. The van der Waals surface area contributed by atoms with Crippen LogP contribution in [0.2, 0.25) is 0 Å². The summed E-state index contributed by atoms with van der Waals surface area (Å²) >= 11 is 0. The Hall–Kier alpha value is -2.72. The summed E-state index contributed by atoms with van der Waals surface area (Å²) in [6.45, 7) is 1.29. The molecule has 0 radical (unpaired) electrons. The molecule has 0 saturated carbocycles. The second-order valence-electron chi connectivity index (χ2n) is 6.73. The van der Waals surface area contributed by atoms with Gasteiger partial charge in [0.15, 0.2) is 0 Å². The first-order valence-corrected chi connectivity index (χ1v) is 9.07. The van der Waals surface area contributed by atoms with E-state index in [2.05, 4.69) is 9.97 Å². The summed E-state index contributed by atoms with van der Waals surface area (Å²) in [6, 6.07) is 4.21. The lowest BCUT2D eigenvalue weighted by Crippen LogP contribution is -2.39. The van der Waals surface area contributed by atoms with E-state index in [-0.39, 0.29) is 35.8 Å². The van der Waals surface area contributed by atoms with Gasteiger partial charge in [0, 0.05) is 31.5 Å². The molecule has 7 nitrogen and oxygen atoms in total. The van der Waals surface area contributed by atoms with E-state index >= 15 is 0 Å². The van der Waals surface area contributed by atoms with Gasteiger partial charge >= 0.3 is 6.18 Å². The molecule has 1 fully saturated rings. The number of nitrogens with two attached hydrogens (primary N) is 2. The fourth-order valence-electron chi connectivity index (χ4n) is 3.12. The monoisotopic (exact) mass is 410 g/mol. The molecule has 2 aromatic heterocycles. The van der Waals surface area contributed by atoms with Crippen molar-refractivity contribution in [2.75, 3.05) is 25.6 Å². The van der Waals surface area contributed by atoms with Crippen LogP contribution in [0, 0.1) is 5.92 Å². The number of ketones is 1. The van der Waals surface area contributed by atoms with Crippen molar-refractivity contribution in [3.05, 3.63) is 47.3 Å². The van der Waals surface area contributed by atoms with Crippen LogP contribution in [0.5, 0.6) is 5.88 Å². The maximum absolute atomic E-state index is 13.4. The Morgan fingerprint density at radius 1 is 1.28 bits per heavy atom. The second kappa shape index (κ2) is 8.75. The molecule has 1 aliphatic heterocycles. The standard InChI is InChI=1S/C19H21F3N4O3/c20-19(21,22)13-3-4-15(29-10-14(23)11-5-8-28-9-6-11)26-16(13)17(27)12-2-1-7-25-18(12)24/h1-4,7,11,14H,5-6,8-10,23H2,(H2,24,25). The summed E-state index contributed by atoms with van der Waals surface area (Å²) in [7, 11) is 0. The second-order valence-corrected chi connectivity index (χ2v) is 6.73.